The van der Waals surface area contributed by atoms with Crippen LogP contribution in [0.25, 0.3) is 0 Å². The average Bonchev–Trinajstić information content (AvgIpc) is 2.14. The number of carbonyl (C=O) groups excluding carboxylic acids is 1. The lowest BCUT2D eigenvalue weighted by Crippen LogP contribution is -2.08. The first-order valence-corrected chi connectivity index (χ1v) is 4.84. The molecule has 0 atom stereocenters. The molecule has 0 unspecified atom stereocenters. The van der Waals surface area contributed by atoms with Crippen LogP contribution in [0.4, 0.5) is 11.4 Å². The minimum Gasteiger partial charge on any atom is -0.466 e. The maximum absolute atomic E-state index is 11.2. The van der Waals surface area contributed by atoms with E-state index in [4.69, 9.17) is 16.2 Å². The third-order valence-corrected chi connectivity index (χ3v) is 2.13. The topological polar surface area (TPSA) is 78.3 Å². The van der Waals surface area contributed by atoms with Crippen molar-refractivity contribution in [3.63, 3.8) is 0 Å². The monoisotopic (exact) mass is 208 g/mol. The number of nitrogen functional groups attached to an aromatic ring is 2. The quantitative estimate of drug-likeness (QED) is 0.579. The largest absolute Gasteiger partial charge is 0.466 e. The second kappa shape index (κ2) is 4.68. The van der Waals surface area contributed by atoms with Crippen molar-refractivity contribution >= 4 is 17.3 Å². The Balaban J connectivity index is 2.83. The Bertz CT molecular complexity index is 352. The van der Waals surface area contributed by atoms with Gasteiger partial charge in [0.2, 0.25) is 0 Å². The Hall–Kier alpha value is -1.71. The molecule has 4 nitrogen and oxygen atoms in total. The fourth-order valence-corrected chi connectivity index (χ4v) is 1.38. The van der Waals surface area contributed by atoms with Gasteiger partial charge in [0.05, 0.1) is 24.4 Å². The number of benzene rings is 1. The van der Waals surface area contributed by atoms with E-state index in [0.29, 0.717) is 18.0 Å². The van der Waals surface area contributed by atoms with E-state index >= 15 is 0 Å². The van der Waals surface area contributed by atoms with Crippen molar-refractivity contribution in [1.29, 1.82) is 0 Å². The van der Waals surface area contributed by atoms with Gasteiger partial charge < -0.3 is 16.2 Å². The molecule has 4 heteroatoms. The van der Waals surface area contributed by atoms with E-state index in [1.807, 2.05) is 13.0 Å². The third kappa shape index (κ3) is 2.87. The highest BCUT2D eigenvalue weighted by Crippen LogP contribution is 2.21. The van der Waals surface area contributed by atoms with Gasteiger partial charge in [0, 0.05) is 0 Å². The number of ether oxygens (including phenoxy) is 1. The first kappa shape index (κ1) is 11.4. The molecule has 0 saturated heterocycles. The molecule has 0 aliphatic heterocycles. The van der Waals surface area contributed by atoms with Gasteiger partial charge in [-0.1, -0.05) is 6.07 Å². The molecule has 1 aromatic rings. The molecule has 0 aromatic heterocycles. The number of hydrogen-bond donors (Lipinski definition) is 2. The lowest BCUT2D eigenvalue weighted by Gasteiger charge is -2.08. The van der Waals surface area contributed by atoms with E-state index in [1.54, 1.807) is 13.0 Å². The molecule has 82 valence electrons. The molecule has 4 N–H and O–H groups in total. The van der Waals surface area contributed by atoms with Gasteiger partial charge >= 0.3 is 5.97 Å². The SMILES string of the molecule is CCOC(=O)Cc1cc(C)c(N)c(N)c1. The Morgan fingerprint density at radius 3 is 2.60 bits per heavy atom. The van der Waals surface area contributed by atoms with Crippen molar-refractivity contribution in [3.8, 4) is 0 Å². The summed E-state index contributed by atoms with van der Waals surface area (Å²) >= 11 is 0. The highest BCUT2D eigenvalue weighted by Gasteiger charge is 2.07. The molecular weight excluding hydrogens is 192 g/mol. The number of carbonyl (C=O) groups is 1. The molecule has 0 fully saturated rings. The lowest BCUT2D eigenvalue weighted by molar-refractivity contribution is -0.142. The van der Waals surface area contributed by atoms with Gasteiger partial charge in [-0.15, -0.1) is 0 Å². The summed E-state index contributed by atoms with van der Waals surface area (Å²) in [6, 6.07) is 3.56. The number of nitrogens with two attached hydrogens (primary N) is 2. The second-order valence-electron chi connectivity index (χ2n) is 3.40. The fraction of sp³-hybridized carbons (Fsp3) is 0.364. The van der Waals surface area contributed by atoms with E-state index in [0.717, 1.165) is 11.1 Å². The van der Waals surface area contributed by atoms with Gasteiger partial charge in [-0.25, -0.2) is 0 Å². The molecule has 1 rings (SSSR count). The van der Waals surface area contributed by atoms with Gasteiger partial charge in [-0.3, -0.25) is 4.79 Å². The third-order valence-electron chi connectivity index (χ3n) is 2.13. The Morgan fingerprint density at radius 1 is 1.40 bits per heavy atom. The predicted octanol–water partition coefficient (Wildman–Crippen LogP) is 1.27. The Kier molecular flexibility index (Phi) is 3.55. The molecule has 0 radical (unpaired) electrons. The normalized spacial score (nSPS) is 10.0. The zero-order valence-corrected chi connectivity index (χ0v) is 9.04. The number of esters is 1. The van der Waals surface area contributed by atoms with Crippen LogP contribution in [0.5, 0.6) is 0 Å². The van der Waals surface area contributed by atoms with Gasteiger partial charge in [-0.05, 0) is 31.0 Å². The van der Waals surface area contributed by atoms with Crippen LogP contribution in [-0.4, -0.2) is 12.6 Å². The van der Waals surface area contributed by atoms with Crippen molar-refractivity contribution < 1.29 is 9.53 Å². The van der Waals surface area contributed by atoms with Crippen molar-refractivity contribution in [1.82, 2.24) is 0 Å². The van der Waals surface area contributed by atoms with Crippen LogP contribution in [0.3, 0.4) is 0 Å². The van der Waals surface area contributed by atoms with Gasteiger partial charge in [0.1, 0.15) is 0 Å². The van der Waals surface area contributed by atoms with Crippen molar-refractivity contribution in [3.05, 3.63) is 23.3 Å². The standard InChI is InChI=1S/C11H16N2O2/c1-3-15-10(14)6-8-4-7(2)11(13)9(12)5-8/h4-5H,3,6,12-13H2,1-2H3. The van der Waals surface area contributed by atoms with Crippen LogP contribution < -0.4 is 11.5 Å². The van der Waals surface area contributed by atoms with Gasteiger partial charge in [0.15, 0.2) is 0 Å². The highest BCUT2D eigenvalue weighted by atomic mass is 16.5. The maximum Gasteiger partial charge on any atom is 0.310 e. The zero-order valence-electron chi connectivity index (χ0n) is 9.04. The number of anilines is 2. The summed E-state index contributed by atoms with van der Waals surface area (Å²) in [7, 11) is 0. The van der Waals surface area contributed by atoms with E-state index < -0.39 is 0 Å². The molecule has 0 aliphatic rings. The van der Waals surface area contributed by atoms with Crippen LogP contribution in [0.1, 0.15) is 18.1 Å². The fourth-order valence-electron chi connectivity index (χ4n) is 1.38. The van der Waals surface area contributed by atoms with E-state index in [9.17, 15) is 4.79 Å². The molecule has 1 aromatic carbocycles. The molecule has 15 heavy (non-hydrogen) atoms. The Morgan fingerprint density at radius 2 is 2.07 bits per heavy atom. The van der Waals surface area contributed by atoms with Gasteiger partial charge in [0.25, 0.3) is 0 Å². The molecule has 0 spiro atoms. The van der Waals surface area contributed by atoms with Crippen molar-refractivity contribution in [2.24, 2.45) is 0 Å². The smallest absolute Gasteiger partial charge is 0.310 e. The first-order chi connectivity index (χ1) is 7.04. The van der Waals surface area contributed by atoms with Crippen LogP contribution >= 0.6 is 0 Å². The second-order valence-corrected chi connectivity index (χ2v) is 3.40. The van der Waals surface area contributed by atoms with Crippen LogP contribution in [0, 0.1) is 6.92 Å². The van der Waals surface area contributed by atoms with E-state index in [-0.39, 0.29) is 12.4 Å². The van der Waals surface area contributed by atoms with Crippen LogP contribution in [-0.2, 0) is 16.0 Å². The van der Waals surface area contributed by atoms with Gasteiger partial charge in [-0.2, -0.15) is 0 Å². The number of rotatable bonds is 3. The first-order valence-electron chi connectivity index (χ1n) is 4.84. The molecule has 0 amide bonds. The average molecular weight is 208 g/mol. The molecular formula is C11H16N2O2. The molecule has 0 bridgehead atoms. The number of aryl methyl sites for hydroxylation is 1. The summed E-state index contributed by atoms with van der Waals surface area (Å²) in [5.74, 6) is -0.249. The Labute approximate surface area is 89.2 Å². The summed E-state index contributed by atoms with van der Waals surface area (Å²) < 4.78 is 4.84. The summed E-state index contributed by atoms with van der Waals surface area (Å²) in [6.07, 6.45) is 0.235. The summed E-state index contributed by atoms with van der Waals surface area (Å²) in [5, 5.41) is 0. The van der Waals surface area contributed by atoms with E-state index in [1.165, 1.54) is 0 Å². The van der Waals surface area contributed by atoms with Crippen molar-refractivity contribution in [2.75, 3.05) is 18.1 Å². The van der Waals surface area contributed by atoms with Crippen LogP contribution in [0.15, 0.2) is 12.1 Å². The summed E-state index contributed by atoms with van der Waals surface area (Å²) in [4.78, 5) is 11.2. The number of hydrogen-bond acceptors (Lipinski definition) is 4. The van der Waals surface area contributed by atoms with E-state index in [2.05, 4.69) is 0 Å². The maximum atomic E-state index is 11.2. The summed E-state index contributed by atoms with van der Waals surface area (Å²) in [6.45, 7) is 4.03. The minimum absolute atomic E-state index is 0.235. The molecule has 0 heterocycles. The highest BCUT2D eigenvalue weighted by molar-refractivity contribution is 5.75. The molecule has 0 saturated carbocycles. The van der Waals surface area contributed by atoms with Crippen LogP contribution in [0.2, 0.25) is 0 Å². The van der Waals surface area contributed by atoms with Crippen molar-refractivity contribution in [2.45, 2.75) is 20.3 Å². The summed E-state index contributed by atoms with van der Waals surface area (Å²) in [5.41, 5.74) is 14.2. The zero-order chi connectivity index (χ0) is 11.4. The minimum atomic E-state index is -0.249. The molecule has 0 aliphatic carbocycles. The lowest BCUT2D eigenvalue weighted by atomic mass is 10.1. The predicted molar refractivity (Wildman–Crippen MR) is 60.3 cm³/mol.